The Morgan fingerprint density at radius 3 is 2.89 bits per heavy atom. The van der Waals surface area contributed by atoms with Crippen LogP contribution in [-0.4, -0.2) is 19.1 Å². The number of nitrogens with one attached hydrogen (secondary N) is 1. The molecule has 0 saturated carbocycles. The number of nitrogens with zero attached hydrogens (tertiary/aromatic N) is 1. The van der Waals surface area contributed by atoms with Gasteiger partial charge in [-0.05, 0) is 50.1 Å². The average molecular weight is 260 g/mol. The third kappa shape index (κ3) is 5.54. The summed E-state index contributed by atoms with van der Waals surface area (Å²) >= 11 is 0. The van der Waals surface area contributed by atoms with Crippen LogP contribution in [0.3, 0.4) is 0 Å². The van der Waals surface area contributed by atoms with E-state index in [9.17, 15) is 4.79 Å². The normalized spacial score (nSPS) is 9.95. The maximum absolute atomic E-state index is 11.1. The molecular weight excluding hydrogens is 240 g/mol. The fraction of sp³-hybridized carbons (Fsp3) is 0.467. The molecule has 0 aliphatic carbocycles. The van der Waals surface area contributed by atoms with E-state index in [0.717, 1.165) is 25.1 Å². The predicted molar refractivity (Wildman–Crippen MR) is 73.5 cm³/mol. The number of ether oxygens (including phenoxy) is 1. The summed E-state index contributed by atoms with van der Waals surface area (Å²) in [4.78, 5) is 11.1. The summed E-state index contributed by atoms with van der Waals surface area (Å²) in [5, 5.41) is 12.1. The second-order valence-electron chi connectivity index (χ2n) is 4.34. The second-order valence-corrected chi connectivity index (χ2v) is 4.34. The molecule has 0 spiro atoms. The molecule has 4 heteroatoms. The first-order chi connectivity index (χ1) is 9.17. The van der Waals surface area contributed by atoms with E-state index < -0.39 is 0 Å². The maximum atomic E-state index is 11.1. The van der Waals surface area contributed by atoms with Crippen LogP contribution in [-0.2, 0) is 16.1 Å². The van der Waals surface area contributed by atoms with Gasteiger partial charge in [-0.3, -0.25) is 4.79 Å². The minimum atomic E-state index is -0.140. The third-order valence-corrected chi connectivity index (χ3v) is 2.83. The highest BCUT2D eigenvalue weighted by atomic mass is 16.5. The van der Waals surface area contributed by atoms with E-state index in [0.29, 0.717) is 18.6 Å². The van der Waals surface area contributed by atoms with Crippen LogP contribution in [0.25, 0.3) is 0 Å². The Morgan fingerprint density at radius 2 is 2.26 bits per heavy atom. The number of carbonyl (C=O) groups is 1. The number of nitriles is 1. The number of carbonyl (C=O) groups excluding carboxylic acids is 1. The largest absolute Gasteiger partial charge is 0.466 e. The van der Waals surface area contributed by atoms with Crippen molar-refractivity contribution in [1.82, 2.24) is 5.32 Å². The van der Waals surface area contributed by atoms with Crippen molar-refractivity contribution >= 4 is 5.97 Å². The van der Waals surface area contributed by atoms with Gasteiger partial charge in [-0.2, -0.15) is 5.26 Å². The van der Waals surface area contributed by atoms with Crippen LogP contribution in [0.4, 0.5) is 0 Å². The van der Waals surface area contributed by atoms with E-state index in [2.05, 4.69) is 11.4 Å². The van der Waals surface area contributed by atoms with Crippen molar-refractivity contribution in [2.75, 3.05) is 13.2 Å². The molecule has 0 fully saturated rings. The molecule has 0 bridgehead atoms. The van der Waals surface area contributed by atoms with Crippen LogP contribution in [0.5, 0.6) is 0 Å². The van der Waals surface area contributed by atoms with Gasteiger partial charge < -0.3 is 10.1 Å². The Bertz CT molecular complexity index is 464. The Hall–Kier alpha value is -1.86. The van der Waals surface area contributed by atoms with Crippen molar-refractivity contribution in [3.8, 4) is 6.07 Å². The standard InChI is InChI=1S/C15H20N2O2/c1-3-19-15(18)5-4-8-17-11-14-7-6-13(10-16)9-12(14)2/h6-7,9,17H,3-5,8,11H2,1-2H3. The van der Waals surface area contributed by atoms with E-state index in [1.165, 1.54) is 5.56 Å². The summed E-state index contributed by atoms with van der Waals surface area (Å²) in [5.41, 5.74) is 2.97. The summed E-state index contributed by atoms with van der Waals surface area (Å²) in [5.74, 6) is -0.140. The SMILES string of the molecule is CCOC(=O)CCCNCc1ccc(C#N)cc1C. The quantitative estimate of drug-likeness (QED) is 0.603. The Kier molecular flexibility index (Phi) is 6.62. The summed E-state index contributed by atoms with van der Waals surface area (Å²) in [6.45, 7) is 5.77. The number of benzene rings is 1. The van der Waals surface area contributed by atoms with Crippen molar-refractivity contribution < 1.29 is 9.53 Å². The highest BCUT2D eigenvalue weighted by molar-refractivity contribution is 5.69. The van der Waals surface area contributed by atoms with E-state index in [1.807, 2.05) is 32.0 Å². The van der Waals surface area contributed by atoms with Gasteiger partial charge in [0.15, 0.2) is 0 Å². The van der Waals surface area contributed by atoms with Crippen LogP contribution >= 0.6 is 0 Å². The van der Waals surface area contributed by atoms with Crippen molar-refractivity contribution in [2.24, 2.45) is 0 Å². The van der Waals surface area contributed by atoms with Gasteiger partial charge in [0.05, 0.1) is 18.2 Å². The molecule has 19 heavy (non-hydrogen) atoms. The van der Waals surface area contributed by atoms with Gasteiger partial charge in [0.25, 0.3) is 0 Å². The fourth-order valence-electron chi connectivity index (χ4n) is 1.78. The monoisotopic (exact) mass is 260 g/mol. The van der Waals surface area contributed by atoms with Crippen molar-refractivity contribution in [2.45, 2.75) is 33.2 Å². The zero-order valence-electron chi connectivity index (χ0n) is 11.5. The molecule has 0 saturated heterocycles. The molecule has 0 amide bonds. The molecule has 0 aromatic heterocycles. The first-order valence-corrected chi connectivity index (χ1v) is 6.53. The summed E-state index contributed by atoms with van der Waals surface area (Å²) in [6.07, 6.45) is 1.22. The van der Waals surface area contributed by atoms with E-state index >= 15 is 0 Å². The van der Waals surface area contributed by atoms with E-state index in [4.69, 9.17) is 10.00 Å². The van der Waals surface area contributed by atoms with Gasteiger partial charge in [0.1, 0.15) is 0 Å². The Balaban J connectivity index is 2.26. The zero-order valence-corrected chi connectivity index (χ0v) is 11.5. The number of rotatable bonds is 7. The highest BCUT2D eigenvalue weighted by Gasteiger charge is 2.02. The smallest absolute Gasteiger partial charge is 0.305 e. The zero-order chi connectivity index (χ0) is 14.1. The molecule has 1 aromatic carbocycles. The Labute approximate surface area is 114 Å². The molecule has 0 aliphatic rings. The maximum Gasteiger partial charge on any atom is 0.305 e. The predicted octanol–water partition coefficient (Wildman–Crippen LogP) is 2.30. The van der Waals surface area contributed by atoms with Gasteiger partial charge in [-0.25, -0.2) is 0 Å². The van der Waals surface area contributed by atoms with Crippen LogP contribution in [0.15, 0.2) is 18.2 Å². The third-order valence-electron chi connectivity index (χ3n) is 2.83. The number of hydrogen-bond donors (Lipinski definition) is 1. The molecule has 0 aliphatic heterocycles. The Morgan fingerprint density at radius 1 is 1.47 bits per heavy atom. The minimum absolute atomic E-state index is 0.140. The van der Waals surface area contributed by atoms with Gasteiger partial charge in [-0.1, -0.05) is 6.07 Å². The lowest BCUT2D eigenvalue weighted by molar-refractivity contribution is -0.143. The summed E-state index contributed by atoms with van der Waals surface area (Å²) < 4.78 is 4.85. The first kappa shape index (κ1) is 15.2. The average Bonchev–Trinajstić information content (AvgIpc) is 2.40. The molecule has 0 unspecified atom stereocenters. The van der Waals surface area contributed by atoms with Gasteiger partial charge in [0, 0.05) is 13.0 Å². The van der Waals surface area contributed by atoms with E-state index in [-0.39, 0.29) is 5.97 Å². The lowest BCUT2D eigenvalue weighted by Crippen LogP contribution is -2.17. The summed E-state index contributed by atoms with van der Waals surface area (Å²) in [7, 11) is 0. The lowest BCUT2D eigenvalue weighted by Gasteiger charge is -2.08. The molecule has 1 N–H and O–H groups in total. The molecule has 4 nitrogen and oxygen atoms in total. The van der Waals surface area contributed by atoms with E-state index in [1.54, 1.807) is 0 Å². The fourth-order valence-corrected chi connectivity index (χ4v) is 1.78. The summed E-state index contributed by atoms with van der Waals surface area (Å²) in [6, 6.07) is 7.80. The van der Waals surface area contributed by atoms with Crippen LogP contribution < -0.4 is 5.32 Å². The van der Waals surface area contributed by atoms with Crippen LogP contribution in [0.2, 0.25) is 0 Å². The van der Waals surface area contributed by atoms with Gasteiger partial charge >= 0.3 is 5.97 Å². The van der Waals surface area contributed by atoms with Crippen molar-refractivity contribution in [3.05, 3.63) is 34.9 Å². The molecule has 1 rings (SSSR count). The minimum Gasteiger partial charge on any atom is -0.466 e. The topological polar surface area (TPSA) is 62.1 Å². The number of aryl methyl sites for hydroxylation is 1. The molecule has 1 aromatic rings. The van der Waals surface area contributed by atoms with Gasteiger partial charge in [0.2, 0.25) is 0 Å². The number of esters is 1. The molecule has 0 radical (unpaired) electrons. The number of hydrogen-bond acceptors (Lipinski definition) is 4. The molecule has 0 atom stereocenters. The van der Waals surface area contributed by atoms with Crippen molar-refractivity contribution in [1.29, 1.82) is 5.26 Å². The second kappa shape index (κ2) is 8.28. The van der Waals surface area contributed by atoms with Crippen molar-refractivity contribution in [3.63, 3.8) is 0 Å². The van der Waals surface area contributed by atoms with Crippen LogP contribution in [0.1, 0.15) is 36.5 Å². The van der Waals surface area contributed by atoms with Crippen LogP contribution in [0, 0.1) is 18.3 Å². The molecular formula is C15H20N2O2. The molecule has 0 heterocycles. The highest BCUT2D eigenvalue weighted by Crippen LogP contribution is 2.10. The first-order valence-electron chi connectivity index (χ1n) is 6.53. The lowest BCUT2D eigenvalue weighted by atomic mass is 10.1. The molecule has 102 valence electrons. The van der Waals surface area contributed by atoms with Gasteiger partial charge in [-0.15, -0.1) is 0 Å².